The SMILES string of the molecule is CC1C2CC3C4C5CC6C(C)C7(C)C65C45C23C1(C)C75C. The zero-order valence-electron chi connectivity index (χ0n) is 13.5. The van der Waals surface area contributed by atoms with Crippen molar-refractivity contribution in [1.29, 1.82) is 0 Å². The number of rotatable bonds is 0. The van der Waals surface area contributed by atoms with E-state index in [-0.39, 0.29) is 0 Å². The van der Waals surface area contributed by atoms with E-state index in [1.165, 1.54) is 29.6 Å². The highest BCUT2D eigenvalue weighted by Crippen LogP contribution is 3.26. The molecule has 0 saturated heterocycles. The van der Waals surface area contributed by atoms with Crippen molar-refractivity contribution >= 4 is 0 Å². The van der Waals surface area contributed by atoms with Crippen molar-refractivity contribution in [1.82, 2.24) is 0 Å². The third-order valence-corrected chi connectivity index (χ3v) is 13.6. The van der Waals surface area contributed by atoms with E-state index in [2.05, 4.69) is 34.6 Å². The van der Waals surface area contributed by atoms with Crippen LogP contribution < -0.4 is 0 Å². The molecule has 0 heteroatoms. The van der Waals surface area contributed by atoms with Gasteiger partial charge in [-0.2, -0.15) is 0 Å². The van der Waals surface area contributed by atoms with E-state index < -0.39 is 0 Å². The van der Waals surface area contributed by atoms with Gasteiger partial charge in [-0.3, -0.25) is 0 Å². The van der Waals surface area contributed by atoms with Crippen LogP contribution in [0.15, 0.2) is 0 Å². The second kappa shape index (κ2) is 1.77. The molecule has 0 aliphatic heterocycles. The zero-order chi connectivity index (χ0) is 13.5. The van der Waals surface area contributed by atoms with Crippen LogP contribution >= 0.6 is 0 Å². The Morgan fingerprint density at radius 3 is 1.60 bits per heavy atom. The van der Waals surface area contributed by atoms with Crippen molar-refractivity contribution in [2.75, 3.05) is 0 Å². The van der Waals surface area contributed by atoms with Gasteiger partial charge in [0.05, 0.1) is 0 Å². The maximum absolute atomic E-state index is 2.79. The third kappa shape index (κ3) is 0.313. The summed E-state index contributed by atoms with van der Waals surface area (Å²) in [4.78, 5) is 0. The Labute approximate surface area is 122 Å². The Balaban J connectivity index is 1.50. The van der Waals surface area contributed by atoms with E-state index in [1.807, 2.05) is 0 Å². The molecule has 8 aliphatic carbocycles. The van der Waals surface area contributed by atoms with E-state index in [1.54, 1.807) is 12.8 Å². The van der Waals surface area contributed by atoms with Crippen LogP contribution in [0.25, 0.3) is 0 Å². The summed E-state index contributed by atoms with van der Waals surface area (Å²) in [5.41, 5.74) is 4.95. The fourth-order valence-corrected chi connectivity index (χ4v) is 14.2. The van der Waals surface area contributed by atoms with Crippen LogP contribution in [0.3, 0.4) is 0 Å². The molecular weight excluding hydrogens is 240 g/mol. The van der Waals surface area contributed by atoms with Gasteiger partial charge in [-0.15, -0.1) is 0 Å². The summed E-state index contributed by atoms with van der Waals surface area (Å²) in [7, 11) is 0. The Bertz CT molecular complexity index is 618. The number of hydrogen-bond donors (Lipinski definition) is 0. The first kappa shape index (κ1) is 9.90. The predicted molar refractivity (Wildman–Crippen MR) is 76.6 cm³/mol. The molecule has 8 aliphatic rings. The fraction of sp³-hybridized carbons (Fsp3) is 1.00. The van der Waals surface area contributed by atoms with Gasteiger partial charge < -0.3 is 0 Å². The first-order valence-electron chi connectivity index (χ1n) is 9.39. The molecule has 10 unspecified atom stereocenters. The molecule has 8 rings (SSSR count). The van der Waals surface area contributed by atoms with Crippen LogP contribution in [0, 0.1) is 73.9 Å². The van der Waals surface area contributed by atoms with Crippen LogP contribution in [-0.2, 0) is 0 Å². The highest BCUT2D eigenvalue weighted by Gasteiger charge is 3.23. The second-order valence-corrected chi connectivity index (χ2v) is 11.1. The molecule has 0 aromatic carbocycles. The monoisotopic (exact) mass is 266 g/mol. The average Bonchev–Trinajstić information content (AvgIpc) is 2.38. The molecule has 0 aromatic heterocycles. The van der Waals surface area contributed by atoms with Crippen LogP contribution in [0.5, 0.6) is 0 Å². The van der Waals surface area contributed by atoms with Crippen molar-refractivity contribution in [2.45, 2.75) is 47.5 Å². The van der Waals surface area contributed by atoms with Crippen LogP contribution in [0.4, 0.5) is 0 Å². The first-order chi connectivity index (χ1) is 9.39. The molecule has 0 aromatic rings. The van der Waals surface area contributed by atoms with Crippen LogP contribution in [0.2, 0.25) is 0 Å². The van der Waals surface area contributed by atoms with Gasteiger partial charge in [0, 0.05) is 0 Å². The topological polar surface area (TPSA) is 0 Å². The lowest BCUT2D eigenvalue weighted by Gasteiger charge is -3.25. The minimum atomic E-state index is 0.733. The third-order valence-electron chi connectivity index (χ3n) is 13.6. The lowest BCUT2D eigenvalue weighted by atomic mass is 8.78. The van der Waals surface area contributed by atoms with Crippen molar-refractivity contribution in [2.24, 2.45) is 73.9 Å². The van der Waals surface area contributed by atoms with Crippen LogP contribution in [0.1, 0.15) is 47.5 Å². The van der Waals surface area contributed by atoms with Gasteiger partial charge in [-0.25, -0.2) is 0 Å². The standard InChI is InChI=1S/C20H26/c1-8-10-6-12-14-13-7-11-9(2)16(4)17(5)15(8,3)18(10,12)20(14,17)19(11,13)16/h8-14H,6-7H2,1-5H3. The molecule has 0 heterocycles. The molecule has 0 bridgehead atoms. The average molecular weight is 266 g/mol. The molecule has 3 spiro atoms. The Hall–Kier alpha value is 0. The molecule has 0 nitrogen and oxygen atoms in total. The van der Waals surface area contributed by atoms with Gasteiger partial charge in [0.2, 0.25) is 0 Å². The summed E-state index contributed by atoms with van der Waals surface area (Å²) >= 11 is 0. The first-order valence-corrected chi connectivity index (χ1v) is 9.39. The van der Waals surface area contributed by atoms with Gasteiger partial charge in [0.25, 0.3) is 0 Å². The minimum absolute atomic E-state index is 0.733. The summed E-state index contributed by atoms with van der Waals surface area (Å²) in [6.45, 7) is 13.6. The predicted octanol–water partition coefficient (Wildman–Crippen LogP) is 4.21. The molecule has 8 saturated carbocycles. The lowest BCUT2D eigenvalue weighted by molar-refractivity contribution is -0.795. The molecule has 10 atom stereocenters. The zero-order valence-corrected chi connectivity index (χ0v) is 13.5. The van der Waals surface area contributed by atoms with E-state index >= 15 is 0 Å². The Morgan fingerprint density at radius 2 is 1.15 bits per heavy atom. The largest absolute Gasteiger partial charge is 0.0617 e. The van der Waals surface area contributed by atoms with Crippen molar-refractivity contribution in [3.8, 4) is 0 Å². The summed E-state index contributed by atoms with van der Waals surface area (Å²) in [6.07, 6.45) is 3.28. The van der Waals surface area contributed by atoms with Crippen molar-refractivity contribution < 1.29 is 0 Å². The molecular formula is C20H26. The Kier molecular flexibility index (Phi) is 0.876. The van der Waals surface area contributed by atoms with Gasteiger partial charge in [-0.05, 0) is 86.8 Å². The molecule has 8 fully saturated rings. The lowest BCUT2D eigenvalue weighted by Crippen LogP contribution is -3.22. The second-order valence-electron chi connectivity index (χ2n) is 11.1. The number of hydrogen-bond acceptors (Lipinski definition) is 0. The van der Waals surface area contributed by atoms with E-state index in [9.17, 15) is 0 Å². The normalized spacial score (nSPS) is 98.5. The maximum Gasteiger partial charge on any atom is -0.00636 e. The van der Waals surface area contributed by atoms with E-state index in [0.29, 0.717) is 0 Å². The van der Waals surface area contributed by atoms with Gasteiger partial charge in [0.1, 0.15) is 0 Å². The highest BCUT2D eigenvalue weighted by atomic mass is 15.3. The summed E-state index contributed by atoms with van der Waals surface area (Å²) in [6, 6.07) is 0. The summed E-state index contributed by atoms with van der Waals surface area (Å²) in [5.74, 6) is 8.04. The van der Waals surface area contributed by atoms with E-state index in [0.717, 1.165) is 44.3 Å². The minimum Gasteiger partial charge on any atom is -0.0617 e. The Morgan fingerprint density at radius 1 is 0.700 bits per heavy atom. The molecule has 0 amide bonds. The molecule has 20 heavy (non-hydrogen) atoms. The van der Waals surface area contributed by atoms with Gasteiger partial charge >= 0.3 is 0 Å². The highest BCUT2D eigenvalue weighted by molar-refractivity contribution is 5.68. The van der Waals surface area contributed by atoms with Crippen molar-refractivity contribution in [3.05, 3.63) is 0 Å². The fourth-order valence-electron chi connectivity index (χ4n) is 14.2. The molecule has 0 radical (unpaired) electrons. The summed E-state index contributed by atoms with van der Waals surface area (Å²) < 4.78 is 0. The molecule has 106 valence electrons. The smallest absolute Gasteiger partial charge is 0.00636 e. The summed E-state index contributed by atoms with van der Waals surface area (Å²) in [5, 5.41) is 0. The van der Waals surface area contributed by atoms with Crippen molar-refractivity contribution in [3.63, 3.8) is 0 Å². The quantitative estimate of drug-likeness (QED) is 0.616. The molecule has 0 N–H and O–H groups in total. The maximum atomic E-state index is 2.79. The van der Waals surface area contributed by atoms with Gasteiger partial charge in [0.15, 0.2) is 0 Å². The van der Waals surface area contributed by atoms with E-state index in [4.69, 9.17) is 0 Å². The van der Waals surface area contributed by atoms with Crippen LogP contribution in [-0.4, -0.2) is 0 Å². The van der Waals surface area contributed by atoms with Gasteiger partial charge in [-0.1, -0.05) is 34.6 Å². The number of fused-ring (bicyclic) bond motifs is 4.